The summed E-state index contributed by atoms with van der Waals surface area (Å²) in [7, 11) is 1.80. The minimum Gasteiger partial charge on any atom is -0.373 e. The zero-order valence-corrected chi connectivity index (χ0v) is 11.2. The lowest BCUT2D eigenvalue weighted by molar-refractivity contribution is -0.130. The highest BCUT2D eigenvalue weighted by atomic mass is 16.2. The SMILES string of the molecule is CCN(CC)C(=O)CCNc1cc(NC)ncn1. The average molecular weight is 251 g/mol. The Balaban J connectivity index is 2.39. The van der Waals surface area contributed by atoms with Crippen molar-refractivity contribution < 1.29 is 4.79 Å². The van der Waals surface area contributed by atoms with Crippen LogP contribution in [0.5, 0.6) is 0 Å². The van der Waals surface area contributed by atoms with E-state index in [1.54, 1.807) is 7.05 Å². The fourth-order valence-corrected chi connectivity index (χ4v) is 1.62. The van der Waals surface area contributed by atoms with Gasteiger partial charge in [-0.3, -0.25) is 4.79 Å². The standard InChI is InChI=1S/C12H21N5O/c1-4-17(5-2)12(18)6-7-14-11-8-10(13-3)15-9-16-11/h8-9H,4-7H2,1-3H3,(H2,13,14,15,16). The maximum atomic E-state index is 11.8. The van der Waals surface area contributed by atoms with Gasteiger partial charge in [0.05, 0.1) is 0 Å². The quantitative estimate of drug-likeness (QED) is 0.761. The van der Waals surface area contributed by atoms with Crippen molar-refractivity contribution in [2.75, 3.05) is 37.3 Å². The number of aromatic nitrogens is 2. The monoisotopic (exact) mass is 251 g/mol. The van der Waals surface area contributed by atoms with Crippen molar-refractivity contribution in [2.24, 2.45) is 0 Å². The number of carbonyl (C=O) groups is 1. The minimum atomic E-state index is 0.162. The maximum Gasteiger partial charge on any atom is 0.224 e. The van der Waals surface area contributed by atoms with E-state index in [0.29, 0.717) is 13.0 Å². The molecule has 0 spiro atoms. The number of nitrogens with zero attached hydrogens (tertiary/aromatic N) is 3. The van der Waals surface area contributed by atoms with Crippen molar-refractivity contribution >= 4 is 17.5 Å². The van der Waals surface area contributed by atoms with Crippen LogP contribution in [0.2, 0.25) is 0 Å². The summed E-state index contributed by atoms with van der Waals surface area (Å²) in [5, 5.41) is 6.05. The fourth-order valence-electron chi connectivity index (χ4n) is 1.62. The second kappa shape index (κ2) is 7.47. The van der Waals surface area contributed by atoms with Gasteiger partial charge in [-0.15, -0.1) is 0 Å². The summed E-state index contributed by atoms with van der Waals surface area (Å²) in [6.45, 7) is 6.06. The highest BCUT2D eigenvalue weighted by molar-refractivity contribution is 5.76. The minimum absolute atomic E-state index is 0.162. The van der Waals surface area contributed by atoms with Gasteiger partial charge in [0.2, 0.25) is 5.91 Å². The van der Waals surface area contributed by atoms with Crippen LogP contribution in [0.25, 0.3) is 0 Å². The van der Waals surface area contributed by atoms with Crippen LogP contribution in [-0.2, 0) is 4.79 Å². The number of hydrogen-bond acceptors (Lipinski definition) is 5. The Morgan fingerprint density at radius 3 is 2.56 bits per heavy atom. The van der Waals surface area contributed by atoms with Crippen LogP contribution in [0.3, 0.4) is 0 Å². The van der Waals surface area contributed by atoms with Gasteiger partial charge in [0, 0.05) is 39.2 Å². The molecule has 6 nitrogen and oxygen atoms in total. The van der Waals surface area contributed by atoms with E-state index in [1.165, 1.54) is 6.33 Å². The van der Waals surface area contributed by atoms with E-state index in [4.69, 9.17) is 0 Å². The molecule has 1 aromatic heterocycles. The van der Waals surface area contributed by atoms with Gasteiger partial charge in [0.25, 0.3) is 0 Å². The van der Waals surface area contributed by atoms with Gasteiger partial charge in [-0.05, 0) is 13.8 Å². The molecule has 0 unspecified atom stereocenters. The first-order valence-corrected chi connectivity index (χ1v) is 6.22. The summed E-state index contributed by atoms with van der Waals surface area (Å²) in [4.78, 5) is 21.7. The summed E-state index contributed by atoms with van der Waals surface area (Å²) in [6, 6.07) is 1.81. The molecule has 100 valence electrons. The molecule has 1 aromatic rings. The number of rotatable bonds is 7. The second-order valence-corrected chi connectivity index (χ2v) is 3.78. The summed E-state index contributed by atoms with van der Waals surface area (Å²) in [6.07, 6.45) is 1.96. The Labute approximate surface area is 108 Å². The smallest absolute Gasteiger partial charge is 0.224 e. The molecule has 18 heavy (non-hydrogen) atoms. The summed E-state index contributed by atoms with van der Waals surface area (Å²) < 4.78 is 0. The predicted molar refractivity (Wildman–Crippen MR) is 72.6 cm³/mol. The van der Waals surface area contributed by atoms with E-state index in [1.807, 2.05) is 24.8 Å². The first-order valence-electron chi connectivity index (χ1n) is 6.22. The Morgan fingerprint density at radius 2 is 1.94 bits per heavy atom. The highest BCUT2D eigenvalue weighted by Gasteiger charge is 2.08. The van der Waals surface area contributed by atoms with Crippen molar-refractivity contribution in [3.63, 3.8) is 0 Å². The van der Waals surface area contributed by atoms with E-state index in [0.717, 1.165) is 24.7 Å². The van der Waals surface area contributed by atoms with Gasteiger partial charge in [0.15, 0.2) is 0 Å². The van der Waals surface area contributed by atoms with Crippen LogP contribution in [-0.4, -0.2) is 47.5 Å². The maximum absolute atomic E-state index is 11.8. The van der Waals surface area contributed by atoms with Gasteiger partial charge >= 0.3 is 0 Å². The predicted octanol–water partition coefficient (Wildman–Crippen LogP) is 1.19. The zero-order chi connectivity index (χ0) is 13.4. The number of nitrogens with one attached hydrogen (secondary N) is 2. The molecule has 0 bridgehead atoms. The molecule has 0 saturated heterocycles. The molecule has 0 fully saturated rings. The molecule has 0 aliphatic heterocycles. The normalized spacial score (nSPS) is 9.94. The van der Waals surface area contributed by atoms with Crippen LogP contribution < -0.4 is 10.6 Å². The topological polar surface area (TPSA) is 70.2 Å². The van der Waals surface area contributed by atoms with Crippen LogP contribution >= 0.6 is 0 Å². The van der Waals surface area contributed by atoms with Gasteiger partial charge in [-0.2, -0.15) is 0 Å². The lowest BCUT2D eigenvalue weighted by atomic mass is 10.3. The van der Waals surface area contributed by atoms with Crippen molar-refractivity contribution in [3.05, 3.63) is 12.4 Å². The molecule has 6 heteroatoms. The summed E-state index contributed by atoms with van der Waals surface area (Å²) >= 11 is 0. The molecule has 0 aromatic carbocycles. The molecule has 2 N–H and O–H groups in total. The van der Waals surface area contributed by atoms with E-state index < -0.39 is 0 Å². The molecule has 1 amide bonds. The van der Waals surface area contributed by atoms with Crippen molar-refractivity contribution in [3.8, 4) is 0 Å². The third-order valence-corrected chi connectivity index (χ3v) is 2.68. The first-order chi connectivity index (χ1) is 8.71. The van der Waals surface area contributed by atoms with Crippen molar-refractivity contribution in [2.45, 2.75) is 20.3 Å². The van der Waals surface area contributed by atoms with Gasteiger partial charge < -0.3 is 15.5 Å². The number of carbonyl (C=O) groups excluding carboxylic acids is 1. The molecular formula is C12H21N5O. The second-order valence-electron chi connectivity index (χ2n) is 3.78. The Morgan fingerprint density at radius 1 is 1.28 bits per heavy atom. The Kier molecular flexibility index (Phi) is 5.90. The number of anilines is 2. The summed E-state index contributed by atoms with van der Waals surface area (Å²) in [5.74, 6) is 1.64. The largest absolute Gasteiger partial charge is 0.373 e. The molecule has 0 radical (unpaired) electrons. The fraction of sp³-hybridized carbons (Fsp3) is 0.583. The Hall–Kier alpha value is -1.85. The average Bonchev–Trinajstić information content (AvgIpc) is 2.40. The van der Waals surface area contributed by atoms with Gasteiger partial charge in [0.1, 0.15) is 18.0 Å². The molecule has 1 rings (SSSR count). The molecule has 1 heterocycles. The third-order valence-electron chi connectivity index (χ3n) is 2.68. The van der Waals surface area contributed by atoms with E-state index >= 15 is 0 Å². The van der Waals surface area contributed by atoms with Crippen LogP contribution in [0.15, 0.2) is 12.4 Å². The summed E-state index contributed by atoms with van der Waals surface area (Å²) in [5.41, 5.74) is 0. The molecule has 0 saturated carbocycles. The lowest BCUT2D eigenvalue weighted by Gasteiger charge is -2.18. The van der Waals surface area contributed by atoms with Gasteiger partial charge in [-0.1, -0.05) is 0 Å². The molecule has 0 aliphatic rings. The third kappa shape index (κ3) is 4.20. The lowest BCUT2D eigenvalue weighted by Crippen LogP contribution is -2.31. The van der Waals surface area contributed by atoms with Crippen molar-refractivity contribution in [1.29, 1.82) is 0 Å². The van der Waals surface area contributed by atoms with Gasteiger partial charge in [-0.25, -0.2) is 9.97 Å². The number of hydrogen-bond donors (Lipinski definition) is 2. The Bertz CT molecular complexity index is 378. The van der Waals surface area contributed by atoms with E-state index in [-0.39, 0.29) is 5.91 Å². The van der Waals surface area contributed by atoms with E-state index in [2.05, 4.69) is 20.6 Å². The first kappa shape index (κ1) is 14.2. The van der Waals surface area contributed by atoms with Crippen LogP contribution in [0.4, 0.5) is 11.6 Å². The molecular weight excluding hydrogens is 230 g/mol. The molecule has 0 atom stereocenters. The van der Waals surface area contributed by atoms with Crippen molar-refractivity contribution in [1.82, 2.24) is 14.9 Å². The molecule has 0 aliphatic carbocycles. The zero-order valence-electron chi connectivity index (χ0n) is 11.2. The number of amides is 1. The highest BCUT2D eigenvalue weighted by Crippen LogP contribution is 2.07. The van der Waals surface area contributed by atoms with Crippen LogP contribution in [0, 0.1) is 0 Å². The van der Waals surface area contributed by atoms with E-state index in [9.17, 15) is 4.79 Å². The van der Waals surface area contributed by atoms with Crippen LogP contribution in [0.1, 0.15) is 20.3 Å².